The summed E-state index contributed by atoms with van der Waals surface area (Å²) in [7, 11) is 0. The Bertz CT molecular complexity index is 2280. The van der Waals surface area contributed by atoms with Crippen LogP contribution >= 0.6 is 22.7 Å². The molecule has 1 nitrogen and oxygen atoms in total. The van der Waals surface area contributed by atoms with Gasteiger partial charge >= 0.3 is 0 Å². The van der Waals surface area contributed by atoms with E-state index in [0.29, 0.717) is 0 Å². The summed E-state index contributed by atoms with van der Waals surface area (Å²) in [5.74, 6) is 0.108. The lowest BCUT2D eigenvalue weighted by atomic mass is 9.67. The highest BCUT2D eigenvalue weighted by molar-refractivity contribution is 7.26. The quantitative estimate of drug-likeness (QED) is 0.197. The van der Waals surface area contributed by atoms with E-state index < -0.39 is 0 Å². The van der Waals surface area contributed by atoms with E-state index in [9.17, 15) is 4.79 Å². The second-order valence-electron chi connectivity index (χ2n) is 12.1. The zero-order chi connectivity index (χ0) is 28.9. The Hall–Kier alpha value is -4.57. The minimum absolute atomic E-state index is 0.108. The van der Waals surface area contributed by atoms with Crippen LogP contribution in [0.1, 0.15) is 40.9 Å². The molecule has 0 aliphatic heterocycles. The van der Waals surface area contributed by atoms with Gasteiger partial charge in [0.15, 0.2) is 5.78 Å². The Kier molecular flexibility index (Phi) is 5.21. The molecule has 0 bridgehead atoms. The monoisotopic (exact) mass is 586 g/mol. The number of benzene rings is 6. The van der Waals surface area contributed by atoms with Crippen LogP contribution in [0.15, 0.2) is 121 Å². The Labute approximate surface area is 257 Å². The molecule has 6 aromatic carbocycles. The summed E-state index contributed by atoms with van der Waals surface area (Å²) < 4.78 is 5.18. The van der Waals surface area contributed by atoms with Crippen molar-refractivity contribution in [3.8, 4) is 22.3 Å². The number of rotatable bonds is 2. The molecule has 0 atom stereocenters. The molecular formula is C40H26OS2. The first kappa shape index (κ1) is 25.0. The van der Waals surface area contributed by atoms with Crippen LogP contribution in [0.3, 0.4) is 0 Å². The second kappa shape index (κ2) is 8.97. The molecule has 1 aliphatic rings. The molecule has 0 unspecified atom stereocenters. The molecule has 2 heterocycles. The number of carbonyl (C=O) groups is 1. The SMILES string of the molecule is CC1(C)c2ccc(-c3ccc4sc5ccccc5c4c3)cc2C(=O)c2cc(-c3ccc4sc5ccccc5c4c3)ccc21. The van der Waals surface area contributed by atoms with Gasteiger partial charge in [-0.05, 0) is 81.9 Å². The van der Waals surface area contributed by atoms with Crippen molar-refractivity contribution < 1.29 is 4.79 Å². The summed E-state index contributed by atoms with van der Waals surface area (Å²) in [6.45, 7) is 4.48. The lowest BCUT2D eigenvalue weighted by Gasteiger charge is -2.35. The number of thiophene rings is 2. The fourth-order valence-corrected chi connectivity index (χ4v) is 9.19. The minimum atomic E-state index is -0.281. The maximum absolute atomic E-state index is 14.3. The van der Waals surface area contributed by atoms with Crippen LogP contribution in [-0.4, -0.2) is 5.78 Å². The van der Waals surface area contributed by atoms with Crippen LogP contribution in [0.2, 0.25) is 0 Å². The van der Waals surface area contributed by atoms with Crippen LogP contribution in [0.4, 0.5) is 0 Å². The van der Waals surface area contributed by atoms with Crippen LogP contribution in [0.5, 0.6) is 0 Å². The number of carbonyl (C=O) groups excluding carboxylic acids is 1. The first-order valence-corrected chi connectivity index (χ1v) is 16.3. The van der Waals surface area contributed by atoms with Crippen molar-refractivity contribution in [1.29, 1.82) is 0 Å². The van der Waals surface area contributed by atoms with Gasteiger partial charge in [0.1, 0.15) is 0 Å². The first-order chi connectivity index (χ1) is 21.0. The van der Waals surface area contributed by atoms with Crippen molar-refractivity contribution >= 4 is 68.8 Å². The molecule has 43 heavy (non-hydrogen) atoms. The zero-order valence-corrected chi connectivity index (χ0v) is 25.4. The molecule has 0 spiro atoms. The van der Waals surface area contributed by atoms with E-state index in [1.807, 2.05) is 22.7 Å². The predicted octanol–water partition coefficient (Wildman–Crippen LogP) is 11.6. The van der Waals surface area contributed by atoms with E-state index >= 15 is 0 Å². The fourth-order valence-electron chi connectivity index (χ4n) is 7.01. The van der Waals surface area contributed by atoms with Gasteiger partial charge in [0.2, 0.25) is 0 Å². The van der Waals surface area contributed by atoms with E-state index in [2.05, 4.69) is 135 Å². The lowest BCUT2D eigenvalue weighted by Crippen LogP contribution is -2.30. The zero-order valence-electron chi connectivity index (χ0n) is 23.8. The molecule has 0 saturated heterocycles. The van der Waals surface area contributed by atoms with E-state index in [-0.39, 0.29) is 11.2 Å². The Morgan fingerprint density at radius 2 is 0.837 bits per heavy atom. The number of fused-ring (bicyclic) bond motifs is 8. The third kappa shape index (κ3) is 3.65. The van der Waals surface area contributed by atoms with Crippen LogP contribution in [0.25, 0.3) is 62.6 Å². The first-order valence-electron chi connectivity index (χ1n) is 14.6. The highest BCUT2D eigenvalue weighted by Crippen LogP contribution is 2.45. The summed E-state index contributed by atoms with van der Waals surface area (Å²) in [6, 6.07) is 43.5. The number of hydrogen-bond acceptors (Lipinski definition) is 3. The molecule has 3 heteroatoms. The molecule has 0 fully saturated rings. The van der Waals surface area contributed by atoms with E-state index in [4.69, 9.17) is 0 Å². The summed E-state index contributed by atoms with van der Waals surface area (Å²) in [6.07, 6.45) is 0. The molecule has 0 N–H and O–H groups in total. The molecule has 1 aliphatic carbocycles. The second-order valence-corrected chi connectivity index (χ2v) is 14.3. The highest BCUT2D eigenvalue weighted by atomic mass is 32.1. The van der Waals surface area contributed by atoms with E-state index in [1.165, 1.54) is 40.3 Å². The molecular weight excluding hydrogens is 561 g/mol. The summed E-state index contributed by atoms with van der Waals surface area (Å²) in [5.41, 5.74) is 7.95. The summed E-state index contributed by atoms with van der Waals surface area (Å²) >= 11 is 3.66. The van der Waals surface area contributed by atoms with Gasteiger partial charge in [-0.1, -0.05) is 86.6 Å². The van der Waals surface area contributed by atoms with Crippen molar-refractivity contribution in [1.82, 2.24) is 0 Å². The van der Waals surface area contributed by atoms with Crippen LogP contribution in [-0.2, 0) is 5.41 Å². The average molecular weight is 587 g/mol. The van der Waals surface area contributed by atoms with Crippen molar-refractivity contribution in [3.63, 3.8) is 0 Å². The van der Waals surface area contributed by atoms with E-state index in [1.54, 1.807) is 0 Å². The van der Waals surface area contributed by atoms with Gasteiger partial charge in [0.05, 0.1) is 0 Å². The van der Waals surface area contributed by atoms with Crippen molar-refractivity contribution in [2.24, 2.45) is 0 Å². The molecule has 8 aromatic rings. The average Bonchev–Trinajstić information content (AvgIpc) is 3.61. The van der Waals surface area contributed by atoms with Gasteiger partial charge < -0.3 is 0 Å². The largest absolute Gasteiger partial charge is 0.289 e. The molecule has 204 valence electrons. The third-order valence-electron chi connectivity index (χ3n) is 9.30. The van der Waals surface area contributed by atoms with E-state index in [0.717, 1.165) is 44.5 Å². The Balaban J connectivity index is 1.16. The summed E-state index contributed by atoms with van der Waals surface area (Å²) in [5, 5.41) is 5.12. The van der Waals surface area contributed by atoms with Gasteiger partial charge in [0.25, 0.3) is 0 Å². The topological polar surface area (TPSA) is 17.1 Å². The van der Waals surface area contributed by atoms with Gasteiger partial charge in [-0.15, -0.1) is 22.7 Å². The minimum Gasteiger partial charge on any atom is -0.289 e. The molecule has 9 rings (SSSR count). The fraction of sp³-hybridized carbons (Fsp3) is 0.0750. The highest BCUT2D eigenvalue weighted by Gasteiger charge is 2.37. The molecule has 0 radical (unpaired) electrons. The third-order valence-corrected chi connectivity index (χ3v) is 11.6. The Morgan fingerprint density at radius 1 is 0.442 bits per heavy atom. The lowest BCUT2D eigenvalue weighted by molar-refractivity contribution is 0.103. The normalized spacial score (nSPS) is 14.0. The maximum Gasteiger partial charge on any atom is 0.193 e. The van der Waals surface area contributed by atoms with Crippen molar-refractivity contribution in [2.45, 2.75) is 19.3 Å². The Morgan fingerprint density at radius 3 is 1.33 bits per heavy atom. The molecule has 2 aromatic heterocycles. The van der Waals surface area contributed by atoms with Crippen LogP contribution in [0, 0.1) is 0 Å². The van der Waals surface area contributed by atoms with Gasteiger partial charge in [-0.2, -0.15) is 0 Å². The van der Waals surface area contributed by atoms with Gasteiger partial charge in [-0.3, -0.25) is 4.79 Å². The van der Waals surface area contributed by atoms with Crippen molar-refractivity contribution in [2.75, 3.05) is 0 Å². The van der Waals surface area contributed by atoms with Crippen molar-refractivity contribution in [3.05, 3.63) is 144 Å². The van der Waals surface area contributed by atoms with Crippen LogP contribution < -0.4 is 0 Å². The standard InChI is InChI=1S/C40H26OS2/c1-40(2)33-15-11-23(25-13-17-37-29(19-25)27-7-3-5-9-35(27)42-37)21-31(33)39(41)32-22-24(12-16-34(32)40)26-14-18-38-30(20-26)28-8-4-6-10-36(28)43-38/h3-22H,1-2H3. The smallest absolute Gasteiger partial charge is 0.193 e. The summed E-state index contributed by atoms with van der Waals surface area (Å²) in [4.78, 5) is 14.3. The molecule has 0 saturated carbocycles. The maximum atomic E-state index is 14.3. The van der Waals surface area contributed by atoms with Gasteiger partial charge in [0, 0.05) is 56.9 Å². The number of ketones is 1. The van der Waals surface area contributed by atoms with Gasteiger partial charge in [-0.25, -0.2) is 0 Å². The predicted molar refractivity (Wildman–Crippen MR) is 185 cm³/mol. The molecule has 0 amide bonds. The number of hydrogen-bond donors (Lipinski definition) is 0.